The largest absolute Gasteiger partial charge is 0.416 e. The van der Waals surface area contributed by atoms with Gasteiger partial charge in [0.15, 0.2) is 5.60 Å². The summed E-state index contributed by atoms with van der Waals surface area (Å²) in [6.07, 6.45) is -3.62. The Kier molecular flexibility index (Phi) is 3.22. The molecule has 0 aromatic heterocycles. The van der Waals surface area contributed by atoms with Crippen LogP contribution < -0.4 is 4.90 Å². The number of hydrogen-bond donors (Lipinski definition) is 1. The molecule has 124 valence electrons. The van der Waals surface area contributed by atoms with Gasteiger partial charge in [-0.1, -0.05) is 30.3 Å². The molecule has 0 spiro atoms. The van der Waals surface area contributed by atoms with E-state index in [1.54, 1.807) is 12.1 Å². The van der Waals surface area contributed by atoms with Crippen molar-refractivity contribution in [2.75, 3.05) is 18.0 Å². The number of alkyl halides is 3. The molecular formula is C18H15F3N2O. The molecule has 0 amide bonds. The first-order valence-electron chi connectivity index (χ1n) is 7.74. The Bertz CT molecular complexity index is 831. The first kappa shape index (κ1) is 15.2. The number of fused-ring (bicyclic) bond motifs is 3. The topological polar surface area (TPSA) is 35.8 Å². The molecule has 0 fully saturated rings. The van der Waals surface area contributed by atoms with E-state index in [9.17, 15) is 18.3 Å². The normalized spacial score (nSPS) is 22.8. The third-order valence-corrected chi connectivity index (χ3v) is 4.57. The number of aliphatic imine (C=N–C) groups is 1. The van der Waals surface area contributed by atoms with E-state index >= 15 is 0 Å². The number of benzene rings is 2. The Labute approximate surface area is 137 Å². The molecule has 1 atom stereocenters. The van der Waals surface area contributed by atoms with Gasteiger partial charge in [0.1, 0.15) is 5.84 Å². The summed E-state index contributed by atoms with van der Waals surface area (Å²) in [6.45, 7) is 1.25. The second kappa shape index (κ2) is 5.08. The fraction of sp³-hybridized carbons (Fsp3) is 0.278. The van der Waals surface area contributed by atoms with Crippen molar-refractivity contribution in [2.45, 2.75) is 18.2 Å². The molecule has 2 aromatic carbocycles. The van der Waals surface area contributed by atoms with Gasteiger partial charge in [0, 0.05) is 24.3 Å². The summed E-state index contributed by atoms with van der Waals surface area (Å²) in [4.78, 5) is 6.34. The van der Waals surface area contributed by atoms with Gasteiger partial charge < -0.3 is 10.0 Å². The molecule has 1 N–H and O–H groups in total. The van der Waals surface area contributed by atoms with Gasteiger partial charge in [-0.3, -0.25) is 4.99 Å². The van der Waals surface area contributed by atoms with E-state index in [1.807, 2.05) is 17.0 Å². The highest BCUT2D eigenvalue weighted by Gasteiger charge is 2.49. The Hall–Kier alpha value is -2.34. The van der Waals surface area contributed by atoms with E-state index in [0.29, 0.717) is 24.5 Å². The first-order chi connectivity index (χ1) is 11.4. The summed E-state index contributed by atoms with van der Waals surface area (Å²) in [5.41, 5.74) is -0.868. The van der Waals surface area contributed by atoms with Gasteiger partial charge in [0.05, 0.1) is 5.56 Å². The van der Waals surface area contributed by atoms with Crippen LogP contribution in [0.5, 0.6) is 0 Å². The van der Waals surface area contributed by atoms with Crippen molar-refractivity contribution in [1.82, 2.24) is 0 Å². The van der Waals surface area contributed by atoms with Crippen molar-refractivity contribution in [2.24, 2.45) is 4.99 Å². The van der Waals surface area contributed by atoms with Crippen molar-refractivity contribution in [3.8, 4) is 0 Å². The minimum atomic E-state index is -4.46. The van der Waals surface area contributed by atoms with E-state index in [0.717, 1.165) is 24.2 Å². The maximum atomic E-state index is 13.1. The van der Waals surface area contributed by atoms with Gasteiger partial charge in [-0.25, -0.2) is 0 Å². The third-order valence-electron chi connectivity index (χ3n) is 4.57. The van der Waals surface area contributed by atoms with E-state index < -0.39 is 17.3 Å². The van der Waals surface area contributed by atoms with Crippen molar-refractivity contribution >= 4 is 11.5 Å². The summed E-state index contributed by atoms with van der Waals surface area (Å²) in [7, 11) is 0. The lowest BCUT2D eigenvalue weighted by Gasteiger charge is -2.30. The van der Waals surface area contributed by atoms with Gasteiger partial charge >= 0.3 is 6.18 Å². The predicted octanol–water partition coefficient (Wildman–Crippen LogP) is 3.56. The number of rotatable bonds is 1. The quantitative estimate of drug-likeness (QED) is 0.867. The standard InChI is InChI=1S/C18H15F3N2O/c19-18(20,21)13-6-3-5-12(11-13)17(24)14-7-1-2-8-15(14)23-10-4-9-22-16(17)23/h1-3,5-8,11,24H,4,9-10H2. The Morgan fingerprint density at radius 1 is 1.08 bits per heavy atom. The lowest BCUT2D eigenvalue weighted by atomic mass is 9.86. The average Bonchev–Trinajstić information content (AvgIpc) is 2.86. The Balaban J connectivity index is 1.94. The van der Waals surface area contributed by atoms with Gasteiger partial charge in [-0.05, 0) is 30.2 Å². The van der Waals surface area contributed by atoms with Crippen LogP contribution in [0.3, 0.4) is 0 Å². The molecule has 2 aromatic rings. The zero-order chi connectivity index (χ0) is 16.9. The SMILES string of the molecule is OC1(c2cccc(C(F)(F)F)c2)C2=NCCCN2c2ccccc21. The number of para-hydroxylation sites is 1. The zero-order valence-corrected chi connectivity index (χ0v) is 12.7. The number of halogens is 3. The second-order valence-corrected chi connectivity index (χ2v) is 6.02. The number of aliphatic hydroxyl groups is 1. The molecule has 0 radical (unpaired) electrons. The van der Waals surface area contributed by atoms with Crippen molar-refractivity contribution in [3.63, 3.8) is 0 Å². The fourth-order valence-corrected chi connectivity index (χ4v) is 3.49. The van der Waals surface area contributed by atoms with Gasteiger partial charge in [-0.2, -0.15) is 13.2 Å². The van der Waals surface area contributed by atoms with Crippen LogP contribution in [0.1, 0.15) is 23.1 Å². The van der Waals surface area contributed by atoms with E-state index in [2.05, 4.69) is 4.99 Å². The highest BCUT2D eigenvalue weighted by atomic mass is 19.4. The summed E-state index contributed by atoms with van der Waals surface area (Å²) < 4.78 is 39.3. The van der Waals surface area contributed by atoms with Crippen LogP contribution in [0.15, 0.2) is 53.5 Å². The van der Waals surface area contributed by atoms with E-state index in [-0.39, 0.29) is 5.56 Å². The smallest absolute Gasteiger partial charge is 0.373 e. The maximum Gasteiger partial charge on any atom is 0.416 e. The maximum absolute atomic E-state index is 13.1. The molecule has 6 heteroatoms. The van der Waals surface area contributed by atoms with E-state index in [4.69, 9.17) is 0 Å². The summed E-state index contributed by atoms with van der Waals surface area (Å²) >= 11 is 0. The van der Waals surface area contributed by atoms with Crippen LogP contribution in [-0.4, -0.2) is 24.0 Å². The molecule has 4 rings (SSSR count). The lowest BCUT2D eigenvalue weighted by Crippen LogP contribution is -2.44. The van der Waals surface area contributed by atoms with Crippen LogP contribution in [0.25, 0.3) is 0 Å². The molecule has 2 aliphatic heterocycles. The highest BCUT2D eigenvalue weighted by Crippen LogP contribution is 2.46. The lowest BCUT2D eigenvalue weighted by molar-refractivity contribution is -0.137. The van der Waals surface area contributed by atoms with Crippen LogP contribution >= 0.6 is 0 Å². The van der Waals surface area contributed by atoms with Crippen molar-refractivity contribution in [3.05, 3.63) is 65.2 Å². The first-order valence-corrected chi connectivity index (χ1v) is 7.74. The number of hydrogen-bond acceptors (Lipinski definition) is 3. The molecule has 1 unspecified atom stereocenters. The molecule has 0 saturated heterocycles. The summed E-state index contributed by atoms with van der Waals surface area (Å²) in [6, 6.07) is 12.1. The molecule has 3 nitrogen and oxygen atoms in total. The molecule has 0 aliphatic carbocycles. The Morgan fingerprint density at radius 3 is 2.67 bits per heavy atom. The summed E-state index contributed by atoms with van der Waals surface area (Å²) in [5.74, 6) is 0.411. The molecule has 0 saturated carbocycles. The number of anilines is 1. The molecule has 2 aliphatic rings. The molecule has 0 bridgehead atoms. The number of amidine groups is 1. The number of nitrogens with zero attached hydrogens (tertiary/aromatic N) is 2. The van der Waals surface area contributed by atoms with Crippen LogP contribution in [0.2, 0.25) is 0 Å². The monoisotopic (exact) mass is 332 g/mol. The Morgan fingerprint density at radius 2 is 1.88 bits per heavy atom. The minimum Gasteiger partial charge on any atom is -0.373 e. The second-order valence-electron chi connectivity index (χ2n) is 6.02. The van der Waals surface area contributed by atoms with Crippen molar-refractivity contribution < 1.29 is 18.3 Å². The highest BCUT2D eigenvalue weighted by molar-refractivity contribution is 6.12. The van der Waals surface area contributed by atoms with Gasteiger partial charge in [0.2, 0.25) is 0 Å². The molecule has 2 heterocycles. The average molecular weight is 332 g/mol. The molecule has 24 heavy (non-hydrogen) atoms. The predicted molar refractivity (Wildman–Crippen MR) is 85.1 cm³/mol. The van der Waals surface area contributed by atoms with Crippen molar-refractivity contribution in [1.29, 1.82) is 0 Å². The van der Waals surface area contributed by atoms with Gasteiger partial charge in [0.25, 0.3) is 0 Å². The van der Waals surface area contributed by atoms with Crippen LogP contribution in [0, 0.1) is 0 Å². The van der Waals surface area contributed by atoms with E-state index in [1.165, 1.54) is 12.1 Å². The summed E-state index contributed by atoms with van der Waals surface area (Å²) in [5, 5.41) is 11.5. The zero-order valence-electron chi connectivity index (χ0n) is 12.7. The van der Waals surface area contributed by atoms with Gasteiger partial charge in [-0.15, -0.1) is 0 Å². The third kappa shape index (κ3) is 2.06. The van der Waals surface area contributed by atoms with Crippen LogP contribution in [-0.2, 0) is 11.8 Å². The minimum absolute atomic E-state index is 0.188. The van der Waals surface area contributed by atoms with Crippen LogP contribution in [0.4, 0.5) is 18.9 Å². The fourth-order valence-electron chi connectivity index (χ4n) is 3.49. The molecular weight excluding hydrogens is 317 g/mol.